The van der Waals surface area contributed by atoms with Crippen molar-refractivity contribution in [1.82, 2.24) is 15.2 Å². The molecule has 0 amide bonds. The van der Waals surface area contributed by atoms with Crippen LogP contribution in [0, 0.1) is 0 Å². The van der Waals surface area contributed by atoms with Crippen molar-refractivity contribution in [1.29, 1.82) is 0 Å². The van der Waals surface area contributed by atoms with Crippen LogP contribution in [0.5, 0.6) is 0 Å². The SMILES string of the molecule is c1ccc(-c2n[nH]c(C3CCSC3)n2)cc1. The molecule has 4 heteroatoms. The van der Waals surface area contributed by atoms with Gasteiger partial charge in [-0.25, -0.2) is 4.98 Å². The first-order valence-electron chi connectivity index (χ1n) is 5.49. The van der Waals surface area contributed by atoms with Crippen LogP contribution in [0.4, 0.5) is 0 Å². The highest BCUT2D eigenvalue weighted by molar-refractivity contribution is 7.99. The van der Waals surface area contributed by atoms with Crippen molar-refractivity contribution in [3.63, 3.8) is 0 Å². The molecule has 1 unspecified atom stereocenters. The van der Waals surface area contributed by atoms with Gasteiger partial charge in [0.05, 0.1) is 0 Å². The zero-order valence-corrected chi connectivity index (χ0v) is 9.70. The minimum atomic E-state index is 0.565. The fourth-order valence-corrected chi connectivity index (χ4v) is 3.15. The second-order valence-electron chi connectivity index (χ2n) is 3.97. The lowest BCUT2D eigenvalue weighted by atomic mass is 10.1. The summed E-state index contributed by atoms with van der Waals surface area (Å²) in [6.07, 6.45) is 1.22. The number of hydrogen-bond donors (Lipinski definition) is 1. The molecule has 1 aromatic carbocycles. The molecule has 16 heavy (non-hydrogen) atoms. The molecule has 1 atom stereocenters. The summed E-state index contributed by atoms with van der Waals surface area (Å²) in [6.45, 7) is 0. The Morgan fingerprint density at radius 1 is 1.25 bits per heavy atom. The molecule has 1 saturated heterocycles. The van der Waals surface area contributed by atoms with Gasteiger partial charge in [0.15, 0.2) is 5.82 Å². The predicted molar refractivity (Wildman–Crippen MR) is 66.5 cm³/mol. The Kier molecular flexibility index (Phi) is 2.66. The molecule has 1 aromatic heterocycles. The van der Waals surface area contributed by atoms with Crippen molar-refractivity contribution in [3.8, 4) is 11.4 Å². The molecular formula is C12H13N3S. The second kappa shape index (κ2) is 4.29. The standard InChI is InChI=1S/C12H13N3S/c1-2-4-9(5-3-1)11-13-12(15-14-11)10-6-7-16-8-10/h1-5,10H,6-8H2,(H,13,14,15). The summed E-state index contributed by atoms with van der Waals surface area (Å²) in [6, 6.07) is 10.1. The molecule has 3 rings (SSSR count). The molecule has 2 aromatic rings. The van der Waals surface area contributed by atoms with Crippen molar-refractivity contribution in [3.05, 3.63) is 36.2 Å². The zero-order valence-electron chi connectivity index (χ0n) is 8.89. The Morgan fingerprint density at radius 3 is 2.88 bits per heavy atom. The normalized spacial score (nSPS) is 20.1. The summed E-state index contributed by atoms with van der Waals surface area (Å²) in [5.74, 6) is 4.83. The molecule has 0 bridgehead atoms. The second-order valence-corrected chi connectivity index (χ2v) is 5.12. The number of nitrogens with one attached hydrogen (secondary N) is 1. The van der Waals surface area contributed by atoms with E-state index in [1.54, 1.807) is 0 Å². The van der Waals surface area contributed by atoms with E-state index in [2.05, 4.69) is 15.2 Å². The topological polar surface area (TPSA) is 41.6 Å². The molecule has 0 aliphatic carbocycles. The molecule has 0 spiro atoms. The van der Waals surface area contributed by atoms with Crippen LogP contribution in [0.1, 0.15) is 18.2 Å². The van der Waals surface area contributed by atoms with Gasteiger partial charge in [-0.3, -0.25) is 5.10 Å². The van der Waals surface area contributed by atoms with Gasteiger partial charge >= 0.3 is 0 Å². The smallest absolute Gasteiger partial charge is 0.181 e. The van der Waals surface area contributed by atoms with Crippen LogP contribution in [-0.4, -0.2) is 26.7 Å². The third-order valence-corrected chi connectivity index (χ3v) is 4.01. The van der Waals surface area contributed by atoms with Crippen molar-refractivity contribution in [2.24, 2.45) is 0 Å². The van der Waals surface area contributed by atoms with Crippen LogP contribution in [-0.2, 0) is 0 Å². The molecule has 0 radical (unpaired) electrons. The summed E-state index contributed by atoms with van der Waals surface area (Å²) in [7, 11) is 0. The highest BCUT2D eigenvalue weighted by Gasteiger charge is 2.21. The quantitative estimate of drug-likeness (QED) is 0.864. The maximum Gasteiger partial charge on any atom is 0.181 e. The van der Waals surface area contributed by atoms with Gasteiger partial charge in [-0.1, -0.05) is 30.3 Å². The number of nitrogens with zero attached hydrogens (tertiary/aromatic N) is 2. The van der Waals surface area contributed by atoms with E-state index in [0.29, 0.717) is 5.92 Å². The molecule has 3 nitrogen and oxygen atoms in total. The van der Waals surface area contributed by atoms with Crippen LogP contribution >= 0.6 is 11.8 Å². The molecule has 1 fully saturated rings. The Morgan fingerprint density at radius 2 is 2.12 bits per heavy atom. The van der Waals surface area contributed by atoms with E-state index in [4.69, 9.17) is 0 Å². The Bertz CT molecular complexity index is 460. The first-order chi connectivity index (χ1) is 7.93. The number of rotatable bonds is 2. The van der Waals surface area contributed by atoms with Crippen molar-refractivity contribution in [2.75, 3.05) is 11.5 Å². The van der Waals surface area contributed by atoms with Crippen molar-refractivity contribution < 1.29 is 0 Å². The van der Waals surface area contributed by atoms with Crippen LogP contribution in [0.3, 0.4) is 0 Å². The third-order valence-electron chi connectivity index (χ3n) is 2.85. The number of aromatic amines is 1. The lowest BCUT2D eigenvalue weighted by Crippen LogP contribution is -1.98. The summed E-state index contributed by atoms with van der Waals surface area (Å²) >= 11 is 1.99. The average molecular weight is 231 g/mol. The molecule has 2 heterocycles. The van der Waals surface area contributed by atoms with Crippen molar-refractivity contribution >= 4 is 11.8 Å². The number of aromatic nitrogens is 3. The van der Waals surface area contributed by atoms with Crippen LogP contribution < -0.4 is 0 Å². The fraction of sp³-hybridized carbons (Fsp3) is 0.333. The summed E-state index contributed by atoms with van der Waals surface area (Å²) < 4.78 is 0. The van der Waals surface area contributed by atoms with E-state index in [1.165, 1.54) is 17.9 Å². The van der Waals surface area contributed by atoms with E-state index >= 15 is 0 Å². The Hall–Kier alpha value is -1.29. The van der Waals surface area contributed by atoms with Gasteiger partial charge in [-0.15, -0.1) is 0 Å². The number of H-pyrrole nitrogens is 1. The van der Waals surface area contributed by atoms with Gasteiger partial charge in [0, 0.05) is 17.2 Å². The zero-order chi connectivity index (χ0) is 10.8. The van der Waals surface area contributed by atoms with Gasteiger partial charge < -0.3 is 0 Å². The molecule has 1 N–H and O–H groups in total. The van der Waals surface area contributed by atoms with Gasteiger partial charge in [0.2, 0.25) is 0 Å². The first-order valence-corrected chi connectivity index (χ1v) is 6.64. The van der Waals surface area contributed by atoms with Crippen molar-refractivity contribution in [2.45, 2.75) is 12.3 Å². The van der Waals surface area contributed by atoms with Crippen LogP contribution in [0.15, 0.2) is 30.3 Å². The van der Waals surface area contributed by atoms with E-state index < -0.39 is 0 Å². The highest BCUT2D eigenvalue weighted by Crippen LogP contribution is 2.30. The Labute approximate surface area is 98.7 Å². The molecular weight excluding hydrogens is 218 g/mol. The minimum absolute atomic E-state index is 0.565. The summed E-state index contributed by atoms with van der Waals surface area (Å²) in [4.78, 5) is 4.58. The third kappa shape index (κ3) is 1.85. The van der Waals surface area contributed by atoms with Crippen LogP contribution in [0.2, 0.25) is 0 Å². The van der Waals surface area contributed by atoms with Crippen LogP contribution in [0.25, 0.3) is 11.4 Å². The number of hydrogen-bond acceptors (Lipinski definition) is 3. The maximum absolute atomic E-state index is 4.58. The largest absolute Gasteiger partial charge is 0.262 e. The summed E-state index contributed by atoms with van der Waals surface area (Å²) in [5, 5.41) is 7.36. The van der Waals surface area contributed by atoms with Gasteiger partial charge in [0.1, 0.15) is 5.82 Å². The minimum Gasteiger partial charge on any atom is -0.262 e. The highest BCUT2D eigenvalue weighted by atomic mass is 32.2. The van der Waals surface area contributed by atoms with E-state index in [-0.39, 0.29) is 0 Å². The van der Waals surface area contributed by atoms with Gasteiger partial charge in [-0.2, -0.15) is 16.9 Å². The lowest BCUT2D eigenvalue weighted by Gasteiger charge is -2.00. The fourth-order valence-electron chi connectivity index (χ4n) is 1.92. The van der Waals surface area contributed by atoms with E-state index in [0.717, 1.165) is 17.2 Å². The molecule has 0 saturated carbocycles. The van der Waals surface area contributed by atoms with E-state index in [9.17, 15) is 0 Å². The maximum atomic E-state index is 4.58. The predicted octanol–water partition coefficient (Wildman–Crippen LogP) is 2.69. The van der Waals surface area contributed by atoms with Gasteiger partial charge in [0.25, 0.3) is 0 Å². The summed E-state index contributed by atoms with van der Waals surface area (Å²) in [5.41, 5.74) is 1.08. The molecule has 82 valence electrons. The van der Waals surface area contributed by atoms with Gasteiger partial charge in [-0.05, 0) is 12.2 Å². The number of benzene rings is 1. The average Bonchev–Trinajstić information content (AvgIpc) is 3.01. The molecule has 1 aliphatic heterocycles. The van der Waals surface area contributed by atoms with E-state index in [1.807, 2.05) is 42.1 Å². The lowest BCUT2D eigenvalue weighted by molar-refractivity contribution is 0.721. The first kappa shape index (κ1) is 9.90. The molecule has 1 aliphatic rings. The monoisotopic (exact) mass is 231 g/mol. The Balaban J connectivity index is 1.87. The number of thioether (sulfide) groups is 1.